The largest absolute Gasteiger partial charge is 0.377 e. The molecule has 6 nitrogen and oxygen atoms in total. The number of nitrogens with two attached hydrogens (primary N) is 1. The van der Waals surface area contributed by atoms with Gasteiger partial charge in [-0.25, -0.2) is 0 Å². The van der Waals surface area contributed by atoms with Gasteiger partial charge in [0.25, 0.3) is 5.89 Å². The van der Waals surface area contributed by atoms with Crippen LogP contribution in [0.3, 0.4) is 0 Å². The maximum Gasteiger partial charge on any atom is 0.276 e. The number of ether oxygens (including phenoxy) is 1. The Morgan fingerprint density at radius 3 is 2.89 bits per heavy atom. The molecule has 2 aromatic rings. The summed E-state index contributed by atoms with van der Waals surface area (Å²) in [7, 11) is 0. The first-order valence-electron chi connectivity index (χ1n) is 5.79. The van der Waals surface area contributed by atoms with Crippen LogP contribution in [0, 0.1) is 0 Å². The van der Waals surface area contributed by atoms with E-state index in [1.54, 1.807) is 12.3 Å². The van der Waals surface area contributed by atoms with E-state index in [9.17, 15) is 0 Å². The third-order valence-electron chi connectivity index (χ3n) is 2.27. The molecule has 0 aliphatic heterocycles. The fourth-order valence-electron chi connectivity index (χ4n) is 1.35. The average Bonchev–Trinajstić information content (AvgIpc) is 2.86. The molecule has 0 fully saturated rings. The molecular formula is C12H16N4O2. The fraction of sp³-hybridized carbons (Fsp3) is 0.417. The van der Waals surface area contributed by atoms with E-state index >= 15 is 0 Å². The molecule has 96 valence electrons. The summed E-state index contributed by atoms with van der Waals surface area (Å²) in [6.07, 6.45) is 1.79. The summed E-state index contributed by atoms with van der Waals surface area (Å²) in [4.78, 5) is 8.34. The van der Waals surface area contributed by atoms with Crippen molar-refractivity contribution >= 4 is 0 Å². The molecule has 0 amide bonds. The first-order valence-corrected chi connectivity index (χ1v) is 5.79. The maximum atomic E-state index is 5.90. The number of aromatic nitrogens is 3. The van der Waals surface area contributed by atoms with Gasteiger partial charge < -0.3 is 15.0 Å². The van der Waals surface area contributed by atoms with E-state index in [-0.39, 0.29) is 6.10 Å². The predicted molar refractivity (Wildman–Crippen MR) is 65.5 cm³/mol. The van der Waals surface area contributed by atoms with Gasteiger partial charge in [0, 0.05) is 6.20 Å². The Hall–Kier alpha value is -1.79. The van der Waals surface area contributed by atoms with Gasteiger partial charge in [-0.1, -0.05) is 11.2 Å². The van der Waals surface area contributed by atoms with Crippen LogP contribution in [0.15, 0.2) is 28.9 Å². The normalized spacial score (nSPS) is 12.9. The number of hydrogen-bond donors (Lipinski definition) is 1. The average molecular weight is 248 g/mol. The van der Waals surface area contributed by atoms with Crippen LogP contribution < -0.4 is 5.73 Å². The molecule has 1 unspecified atom stereocenters. The molecule has 18 heavy (non-hydrogen) atoms. The van der Waals surface area contributed by atoms with Gasteiger partial charge in [-0.15, -0.1) is 0 Å². The number of rotatable bonds is 5. The summed E-state index contributed by atoms with van der Waals surface area (Å²) in [6.45, 7) is 4.25. The zero-order valence-corrected chi connectivity index (χ0v) is 10.4. The third-order valence-corrected chi connectivity index (χ3v) is 2.27. The second-order valence-electron chi connectivity index (χ2n) is 4.16. The Morgan fingerprint density at radius 2 is 2.22 bits per heavy atom. The first-order chi connectivity index (χ1) is 8.66. The summed E-state index contributed by atoms with van der Waals surface area (Å²) >= 11 is 0. The summed E-state index contributed by atoms with van der Waals surface area (Å²) in [5.74, 6) is 0.793. The maximum absolute atomic E-state index is 5.90. The van der Waals surface area contributed by atoms with Gasteiger partial charge in [-0.3, -0.25) is 4.98 Å². The summed E-state index contributed by atoms with van der Waals surface area (Å²) in [5, 5.41) is 3.84. The molecule has 6 heteroatoms. The van der Waals surface area contributed by atoms with Crippen molar-refractivity contribution < 1.29 is 9.26 Å². The zero-order valence-electron chi connectivity index (χ0n) is 10.4. The number of pyridine rings is 1. The minimum atomic E-state index is -0.395. The highest BCUT2D eigenvalue weighted by Gasteiger charge is 2.16. The van der Waals surface area contributed by atoms with Crippen LogP contribution in [0.2, 0.25) is 0 Å². The molecular weight excluding hydrogens is 232 g/mol. The van der Waals surface area contributed by atoms with E-state index in [4.69, 9.17) is 15.0 Å². The monoisotopic (exact) mass is 248 g/mol. The molecule has 0 saturated carbocycles. The van der Waals surface area contributed by atoms with Gasteiger partial charge in [0.1, 0.15) is 5.69 Å². The molecule has 2 aromatic heterocycles. The molecule has 0 aliphatic rings. The van der Waals surface area contributed by atoms with Crippen molar-refractivity contribution in [1.82, 2.24) is 15.1 Å². The Bertz CT molecular complexity index is 484. The van der Waals surface area contributed by atoms with Gasteiger partial charge in [0.2, 0.25) is 0 Å². The zero-order chi connectivity index (χ0) is 13.0. The quantitative estimate of drug-likeness (QED) is 0.863. The molecule has 0 aliphatic carbocycles. The van der Waals surface area contributed by atoms with Crippen molar-refractivity contribution in [1.29, 1.82) is 0 Å². The van der Waals surface area contributed by atoms with Crippen LogP contribution in [0.25, 0.3) is 11.6 Å². The highest BCUT2D eigenvalue weighted by atomic mass is 16.5. The highest BCUT2D eigenvalue weighted by Crippen LogP contribution is 2.16. The molecule has 0 saturated heterocycles. The van der Waals surface area contributed by atoms with Crippen LogP contribution in [0.4, 0.5) is 0 Å². The van der Waals surface area contributed by atoms with Crippen LogP contribution in [0.5, 0.6) is 0 Å². The molecule has 0 aromatic carbocycles. The lowest BCUT2D eigenvalue weighted by Gasteiger charge is -2.10. The molecule has 2 rings (SSSR count). The first kappa shape index (κ1) is 12.7. The molecule has 2 heterocycles. The van der Waals surface area contributed by atoms with Crippen LogP contribution in [-0.2, 0) is 4.74 Å². The van der Waals surface area contributed by atoms with Gasteiger partial charge in [0.15, 0.2) is 5.82 Å². The highest BCUT2D eigenvalue weighted by molar-refractivity contribution is 5.45. The van der Waals surface area contributed by atoms with Gasteiger partial charge in [-0.2, -0.15) is 4.98 Å². The van der Waals surface area contributed by atoms with Crippen molar-refractivity contribution in [2.75, 3.05) is 6.61 Å². The fourth-order valence-corrected chi connectivity index (χ4v) is 1.35. The Kier molecular flexibility index (Phi) is 4.01. The molecule has 0 radical (unpaired) electrons. The van der Waals surface area contributed by atoms with Crippen LogP contribution in [0.1, 0.15) is 25.7 Å². The molecule has 0 bridgehead atoms. The van der Waals surface area contributed by atoms with Gasteiger partial charge in [-0.05, 0) is 26.0 Å². The van der Waals surface area contributed by atoms with Crippen molar-refractivity contribution in [3.63, 3.8) is 0 Å². The number of nitrogens with zero attached hydrogens (tertiary/aromatic N) is 3. The predicted octanol–water partition coefficient (Wildman–Crippen LogP) is 1.56. The van der Waals surface area contributed by atoms with E-state index in [0.29, 0.717) is 24.0 Å². The lowest BCUT2D eigenvalue weighted by molar-refractivity contribution is 0.0665. The Balaban J connectivity index is 2.06. The lowest BCUT2D eigenvalue weighted by atomic mass is 10.3. The summed E-state index contributed by atoms with van der Waals surface area (Å²) in [5.41, 5.74) is 6.54. The summed E-state index contributed by atoms with van der Waals surface area (Å²) < 4.78 is 10.5. The topological polar surface area (TPSA) is 87.1 Å². The second kappa shape index (κ2) is 5.70. The van der Waals surface area contributed by atoms with E-state index < -0.39 is 6.04 Å². The van der Waals surface area contributed by atoms with Crippen molar-refractivity contribution in [2.24, 2.45) is 5.73 Å². The van der Waals surface area contributed by atoms with E-state index in [0.717, 1.165) is 0 Å². The molecule has 0 spiro atoms. The minimum absolute atomic E-state index is 0.123. The Labute approximate surface area is 105 Å². The van der Waals surface area contributed by atoms with E-state index in [1.807, 2.05) is 26.0 Å². The van der Waals surface area contributed by atoms with Gasteiger partial charge in [0.05, 0.1) is 18.8 Å². The SMILES string of the molecule is CC(C)OCC(N)c1noc(-c2ccccn2)n1. The van der Waals surface area contributed by atoms with Crippen LogP contribution >= 0.6 is 0 Å². The van der Waals surface area contributed by atoms with Crippen LogP contribution in [-0.4, -0.2) is 27.8 Å². The van der Waals surface area contributed by atoms with E-state index in [2.05, 4.69) is 15.1 Å². The van der Waals surface area contributed by atoms with Gasteiger partial charge >= 0.3 is 0 Å². The lowest BCUT2D eigenvalue weighted by Crippen LogP contribution is -2.20. The van der Waals surface area contributed by atoms with Crippen molar-refractivity contribution in [2.45, 2.75) is 26.0 Å². The standard InChI is InChI=1S/C12H16N4O2/c1-8(2)17-7-9(13)11-15-12(18-16-11)10-5-3-4-6-14-10/h3-6,8-9H,7,13H2,1-2H3. The molecule has 1 atom stereocenters. The number of hydrogen-bond acceptors (Lipinski definition) is 6. The van der Waals surface area contributed by atoms with Crippen molar-refractivity contribution in [3.05, 3.63) is 30.2 Å². The van der Waals surface area contributed by atoms with Crippen molar-refractivity contribution in [3.8, 4) is 11.6 Å². The second-order valence-corrected chi connectivity index (χ2v) is 4.16. The molecule has 2 N–H and O–H groups in total. The third kappa shape index (κ3) is 3.12. The minimum Gasteiger partial charge on any atom is -0.377 e. The Morgan fingerprint density at radius 1 is 1.39 bits per heavy atom. The summed E-state index contributed by atoms with van der Waals surface area (Å²) in [6, 6.07) is 5.08. The smallest absolute Gasteiger partial charge is 0.276 e. The van der Waals surface area contributed by atoms with E-state index in [1.165, 1.54) is 0 Å².